The summed E-state index contributed by atoms with van der Waals surface area (Å²) >= 11 is 1.00. The number of carbonyl (C=O) groups excluding carboxylic acids is 3. The third-order valence-corrected chi connectivity index (χ3v) is 4.36. The largest absolute Gasteiger partial charge is 0.457 e. The van der Waals surface area contributed by atoms with Crippen LogP contribution in [0.1, 0.15) is 38.6 Å². The van der Waals surface area contributed by atoms with Crippen molar-refractivity contribution in [2.24, 2.45) is 0 Å². The summed E-state index contributed by atoms with van der Waals surface area (Å²) in [5, 5.41) is 2.82. The molecule has 1 aromatic heterocycles. The summed E-state index contributed by atoms with van der Waals surface area (Å²) in [5.74, 6) is -1.63. The molecule has 0 saturated carbocycles. The summed E-state index contributed by atoms with van der Waals surface area (Å²) in [4.78, 5) is 40.2. The zero-order valence-electron chi connectivity index (χ0n) is 14.1. The summed E-state index contributed by atoms with van der Waals surface area (Å²) in [6.45, 7) is 5.18. The van der Waals surface area contributed by atoms with Gasteiger partial charge in [0.2, 0.25) is 5.91 Å². The minimum absolute atomic E-state index is 0.0178. The second-order valence-electron chi connectivity index (χ2n) is 5.30. The van der Waals surface area contributed by atoms with E-state index in [2.05, 4.69) is 16.9 Å². The Morgan fingerprint density at radius 1 is 1.27 bits per heavy atom. The van der Waals surface area contributed by atoms with Crippen LogP contribution < -0.4 is 5.32 Å². The minimum Gasteiger partial charge on any atom is -0.457 e. The second kappa shape index (κ2) is 9.00. The Balaban J connectivity index is 1.89. The summed E-state index contributed by atoms with van der Waals surface area (Å²) in [5.41, 5.74) is 0.790. The van der Waals surface area contributed by atoms with Gasteiger partial charge in [-0.1, -0.05) is 24.0 Å². The number of nitrogens with zero attached hydrogens (tertiary/aromatic N) is 1. The van der Waals surface area contributed by atoms with Crippen LogP contribution in [0.3, 0.4) is 0 Å². The molecule has 0 unspecified atom stereocenters. The SMILES string of the molecule is C=CCOC(=O)c1sc(NC(=O)CCC(=O)c2ccc(F)cc2)nc1C. The van der Waals surface area contributed by atoms with Crippen LogP contribution >= 0.6 is 11.3 Å². The van der Waals surface area contributed by atoms with E-state index in [1.165, 1.54) is 30.3 Å². The van der Waals surface area contributed by atoms with Crippen molar-refractivity contribution in [1.82, 2.24) is 4.98 Å². The Kier molecular flexibility index (Phi) is 6.74. The van der Waals surface area contributed by atoms with Crippen LogP contribution in [-0.4, -0.2) is 29.3 Å². The molecule has 2 rings (SSSR count). The van der Waals surface area contributed by atoms with Crippen LogP contribution in [0.25, 0.3) is 0 Å². The van der Waals surface area contributed by atoms with Crippen LogP contribution in [0.15, 0.2) is 36.9 Å². The maximum Gasteiger partial charge on any atom is 0.350 e. The highest BCUT2D eigenvalue weighted by molar-refractivity contribution is 7.17. The monoisotopic (exact) mass is 376 g/mol. The van der Waals surface area contributed by atoms with Crippen molar-refractivity contribution in [3.63, 3.8) is 0 Å². The van der Waals surface area contributed by atoms with Gasteiger partial charge >= 0.3 is 5.97 Å². The number of ketones is 1. The number of amides is 1. The van der Waals surface area contributed by atoms with E-state index < -0.39 is 17.7 Å². The average molecular weight is 376 g/mol. The summed E-state index contributed by atoms with van der Waals surface area (Å²) in [6, 6.07) is 5.14. The van der Waals surface area contributed by atoms with Gasteiger partial charge in [-0.25, -0.2) is 14.2 Å². The molecule has 0 spiro atoms. The number of thiazole rings is 1. The van der Waals surface area contributed by atoms with Gasteiger partial charge in [-0.05, 0) is 31.2 Å². The number of benzene rings is 1. The van der Waals surface area contributed by atoms with E-state index >= 15 is 0 Å². The van der Waals surface area contributed by atoms with Crippen molar-refractivity contribution in [3.05, 3.63) is 58.9 Å². The molecule has 0 aliphatic heterocycles. The molecule has 8 heteroatoms. The number of nitrogens with one attached hydrogen (secondary N) is 1. The smallest absolute Gasteiger partial charge is 0.350 e. The highest BCUT2D eigenvalue weighted by Crippen LogP contribution is 2.23. The number of aryl methyl sites for hydroxylation is 1. The minimum atomic E-state index is -0.535. The molecule has 0 radical (unpaired) electrons. The number of rotatable bonds is 8. The van der Waals surface area contributed by atoms with Gasteiger partial charge in [-0.3, -0.25) is 9.59 Å². The molecule has 1 N–H and O–H groups in total. The fourth-order valence-corrected chi connectivity index (χ4v) is 2.90. The Hall–Kier alpha value is -2.87. The lowest BCUT2D eigenvalue weighted by molar-refractivity contribution is -0.116. The molecule has 0 bridgehead atoms. The van der Waals surface area contributed by atoms with Crippen LogP contribution in [0.4, 0.5) is 9.52 Å². The maximum absolute atomic E-state index is 12.8. The van der Waals surface area contributed by atoms with E-state index in [1.807, 2.05) is 0 Å². The topological polar surface area (TPSA) is 85.4 Å². The summed E-state index contributed by atoms with van der Waals surface area (Å²) in [7, 11) is 0. The molecule has 0 atom stereocenters. The lowest BCUT2D eigenvalue weighted by Crippen LogP contribution is -2.13. The molecule has 0 fully saturated rings. The van der Waals surface area contributed by atoms with E-state index in [-0.39, 0.29) is 30.4 Å². The first-order valence-corrected chi connectivity index (χ1v) is 8.56. The number of aromatic nitrogens is 1. The Bertz CT molecular complexity index is 830. The van der Waals surface area contributed by atoms with E-state index in [0.29, 0.717) is 16.1 Å². The molecule has 0 saturated heterocycles. The first-order valence-electron chi connectivity index (χ1n) is 7.74. The van der Waals surface area contributed by atoms with Gasteiger partial charge in [0.1, 0.15) is 17.3 Å². The van der Waals surface area contributed by atoms with E-state index in [4.69, 9.17) is 4.74 Å². The maximum atomic E-state index is 12.8. The Morgan fingerprint density at radius 2 is 1.96 bits per heavy atom. The van der Waals surface area contributed by atoms with E-state index in [0.717, 1.165) is 11.3 Å². The lowest BCUT2D eigenvalue weighted by atomic mass is 10.1. The average Bonchev–Trinajstić information content (AvgIpc) is 2.98. The fourth-order valence-electron chi connectivity index (χ4n) is 2.03. The predicted molar refractivity (Wildman–Crippen MR) is 95.9 cm³/mol. The highest BCUT2D eigenvalue weighted by Gasteiger charge is 2.18. The number of halogens is 1. The number of hydrogen-bond acceptors (Lipinski definition) is 6. The number of carbonyl (C=O) groups is 3. The third-order valence-electron chi connectivity index (χ3n) is 3.31. The van der Waals surface area contributed by atoms with E-state index in [9.17, 15) is 18.8 Å². The molecule has 136 valence electrons. The van der Waals surface area contributed by atoms with Crippen LogP contribution in [0, 0.1) is 12.7 Å². The quantitative estimate of drug-likeness (QED) is 0.433. The fraction of sp³-hybridized carbons (Fsp3) is 0.222. The van der Waals surface area contributed by atoms with Crippen molar-refractivity contribution in [3.8, 4) is 0 Å². The molecule has 0 aliphatic rings. The van der Waals surface area contributed by atoms with Crippen molar-refractivity contribution in [2.75, 3.05) is 11.9 Å². The summed E-state index contributed by atoms with van der Waals surface area (Å²) < 4.78 is 17.8. The molecule has 1 heterocycles. The van der Waals surface area contributed by atoms with Crippen molar-refractivity contribution in [2.45, 2.75) is 19.8 Å². The molecule has 2 aromatic rings. The van der Waals surface area contributed by atoms with Gasteiger partial charge in [-0.15, -0.1) is 0 Å². The Labute approximate surface area is 153 Å². The zero-order chi connectivity index (χ0) is 19.1. The highest BCUT2D eigenvalue weighted by atomic mass is 32.1. The van der Waals surface area contributed by atoms with Gasteiger partial charge in [0.25, 0.3) is 0 Å². The van der Waals surface area contributed by atoms with Gasteiger partial charge in [0.15, 0.2) is 10.9 Å². The first-order chi connectivity index (χ1) is 12.4. The molecule has 6 nitrogen and oxygen atoms in total. The molecule has 26 heavy (non-hydrogen) atoms. The van der Waals surface area contributed by atoms with Crippen molar-refractivity contribution in [1.29, 1.82) is 0 Å². The molecule has 1 amide bonds. The number of Topliss-reactive ketones (excluding diaryl/α,β-unsaturated/α-hetero) is 1. The van der Waals surface area contributed by atoms with Crippen LogP contribution in [0.2, 0.25) is 0 Å². The molecule has 0 aliphatic carbocycles. The molecule has 1 aromatic carbocycles. The van der Waals surface area contributed by atoms with Gasteiger partial charge in [0.05, 0.1) is 5.69 Å². The van der Waals surface area contributed by atoms with E-state index in [1.54, 1.807) is 6.92 Å². The molecular formula is C18H17FN2O4S. The number of ether oxygens (including phenoxy) is 1. The normalized spacial score (nSPS) is 10.2. The first kappa shape index (κ1) is 19.5. The van der Waals surface area contributed by atoms with Gasteiger partial charge < -0.3 is 10.1 Å². The summed E-state index contributed by atoms with van der Waals surface area (Å²) in [6.07, 6.45) is 1.39. The Morgan fingerprint density at radius 3 is 2.62 bits per heavy atom. The van der Waals surface area contributed by atoms with Crippen molar-refractivity contribution < 1.29 is 23.5 Å². The van der Waals surface area contributed by atoms with Crippen LogP contribution in [0.5, 0.6) is 0 Å². The van der Waals surface area contributed by atoms with Crippen LogP contribution in [-0.2, 0) is 9.53 Å². The van der Waals surface area contributed by atoms with Gasteiger partial charge in [-0.2, -0.15) is 0 Å². The number of esters is 1. The second-order valence-corrected chi connectivity index (χ2v) is 6.30. The lowest BCUT2D eigenvalue weighted by Gasteiger charge is -2.02. The number of hydrogen-bond donors (Lipinski definition) is 1. The van der Waals surface area contributed by atoms with Gasteiger partial charge in [0, 0.05) is 18.4 Å². The standard InChI is InChI=1S/C18H17FN2O4S/c1-3-10-25-17(24)16-11(2)20-18(26-16)21-15(23)9-8-14(22)12-4-6-13(19)7-5-12/h3-7H,1,8-10H2,2H3,(H,20,21,23). The predicted octanol–water partition coefficient (Wildman–Crippen LogP) is 3.54. The molecular weight excluding hydrogens is 359 g/mol. The van der Waals surface area contributed by atoms with Crippen molar-refractivity contribution >= 4 is 34.1 Å². The third kappa shape index (κ3) is 5.32. The zero-order valence-corrected chi connectivity index (χ0v) is 14.9. The number of anilines is 1.